The van der Waals surface area contributed by atoms with Gasteiger partial charge in [-0.1, -0.05) is 11.6 Å². The van der Waals surface area contributed by atoms with Crippen molar-refractivity contribution >= 4 is 46.3 Å². The van der Waals surface area contributed by atoms with Crippen LogP contribution in [0.5, 0.6) is 11.5 Å². The summed E-state index contributed by atoms with van der Waals surface area (Å²) in [5, 5.41) is 6.60. The fraction of sp³-hybridized carbons (Fsp3) is 0.150. The number of carbonyl (C=O) groups is 1. The minimum atomic E-state index is -0.415. The first-order valence-corrected chi connectivity index (χ1v) is 9.09. The first-order valence-electron chi connectivity index (χ1n) is 8.71. The van der Waals surface area contributed by atoms with Gasteiger partial charge in [-0.15, -0.1) is 0 Å². The molecule has 2 aromatic carbocycles. The molecule has 0 radical (unpaired) electrons. The molecule has 0 amide bonds. The Bertz CT molecular complexity index is 1060. The summed E-state index contributed by atoms with van der Waals surface area (Å²) < 4.78 is 15.3. The van der Waals surface area contributed by atoms with E-state index < -0.39 is 5.97 Å². The van der Waals surface area contributed by atoms with Gasteiger partial charge in [0, 0.05) is 11.8 Å². The Balaban J connectivity index is 1.85. The predicted molar refractivity (Wildman–Crippen MR) is 115 cm³/mol. The fourth-order valence-corrected chi connectivity index (χ4v) is 2.87. The molecule has 0 saturated heterocycles. The van der Waals surface area contributed by atoms with E-state index >= 15 is 0 Å². The molecule has 0 atom stereocenters. The SMILES string of the molecule is COC(=O)c1ccc(Nc2ncnc(Nc3cc(Cl)c(OC)cc3OC)c2N)cc1. The Morgan fingerprint density at radius 3 is 2.20 bits per heavy atom. The third-order valence-electron chi connectivity index (χ3n) is 4.18. The number of halogens is 1. The van der Waals surface area contributed by atoms with E-state index in [0.29, 0.717) is 45.1 Å². The van der Waals surface area contributed by atoms with E-state index in [4.69, 9.17) is 31.5 Å². The Labute approximate surface area is 178 Å². The minimum absolute atomic E-state index is 0.281. The molecule has 0 aliphatic heterocycles. The van der Waals surface area contributed by atoms with Crippen molar-refractivity contribution in [2.24, 2.45) is 0 Å². The monoisotopic (exact) mass is 429 g/mol. The average molecular weight is 430 g/mol. The van der Waals surface area contributed by atoms with Crippen LogP contribution < -0.4 is 25.8 Å². The number of aromatic nitrogens is 2. The second-order valence-electron chi connectivity index (χ2n) is 5.99. The Hall–Kier alpha value is -3.72. The van der Waals surface area contributed by atoms with Crippen LogP contribution in [0.25, 0.3) is 0 Å². The summed E-state index contributed by atoms with van der Waals surface area (Å²) in [6.07, 6.45) is 1.36. The molecule has 156 valence electrons. The molecule has 0 fully saturated rings. The number of nitrogens with zero attached hydrogens (tertiary/aromatic N) is 2. The zero-order valence-electron chi connectivity index (χ0n) is 16.5. The maximum atomic E-state index is 11.6. The highest BCUT2D eigenvalue weighted by atomic mass is 35.5. The number of anilines is 5. The molecule has 1 aromatic heterocycles. The number of rotatable bonds is 7. The molecule has 10 heteroatoms. The summed E-state index contributed by atoms with van der Waals surface area (Å²) >= 11 is 6.22. The molecule has 0 saturated carbocycles. The molecule has 3 aromatic rings. The van der Waals surface area contributed by atoms with E-state index in [2.05, 4.69) is 20.6 Å². The minimum Gasteiger partial charge on any atom is -0.495 e. The van der Waals surface area contributed by atoms with E-state index in [9.17, 15) is 4.79 Å². The van der Waals surface area contributed by atoms with Gasteiger partial charge in [0.25, 0.3) is 0 Å². The molecular weight excluding hydrogens is 410 g/mol. The lowest BCUT2D eigenvalue weighted by Gasteiger charge is -2.16. The molecule has 0 bridgehead atoms. The van der Waals surface area contributed by atoms with Crippen LogP contribution in [0.4, 0.5) is 28.7 Å². The second-order valence-corrected chi connectivity index (χ2v) is 6.40. The third kappa shape index (κ3) is 4.47. The van der Waals surface area contributed by atoms with Crippen LogP contribution in [0.2, 0.25) is 5.02 Å². The Kier molecular flexibility index (Phi) is 6.43. The van der Waals surface area contributed by atoms with Gasteiger partial charge >= 0.3 is 5.97 Å². The molecule has 0 unspecified atom stereocenters. The third-order valence-corrected chi connectivity index (χ3v) is 4.48. The van der Waals surface area contributed by atoms with Crippen molar-refractivity contribution < 1.29 is 19.0 Å². The van der Waals surface area contributed by atoms with Crippen molar-refractivity contribution in [1.29, 1.82) is 0 Å². The number of hydrogen-bond donors (Lipinski definition) is 3. The molecule has 30 heavy (non-hydrogen) atoms. The molecular formula is C20H20ClN5O4. The fourth-order valence-electron chi connectivity index (χ4n) is 2.62. The number of methoxy groups -OCH3 is 3. The highest BCUT2D eigenvalue weighted by Gasteiger charge is 2.14. The summed E-state index contributed by atoms with van der Waals surface area (Å²) in [5.41, 5.74) is 8.20. The predicted octanol–water partition coefficient (Wildman–Crippen LogP) is 4.00. The number of nitrogens with one attached hydrogen (secondary N) is 2. The molecule has 1 heterocycles. The van der Waals surface area contributed by atoms with E-state index in [-0.39, 0.29) is 5.69 Å². The molecule has 3 rings (SSSR count). The molecule has 0 spiro atoms. The largest absolute Gasteiger partial charge is 0.495 e. The van der Waals surface area contributed by atoms with Gasteiger partial charge in [0.05, 0.1) is 37.6 Å². The second kappa shape index (κ2) is 9.19. The van der Waals surface area contributed by atoms with E-state index in [1.807, 2.05) is 0 Å². The topological polar surface area (TPSA) is 121 Å². The summed E-state index contributed by atoms with van der Waals surface area (Å²) in [5.74, 6) is 1.31. The number of nitrogen functional groups attached to an aromatic ring is 1. The van der Waals surface area contributed by atoms with E-state index in [0.717, 1.165) is 0 Å². The van der Waals surface area contributed by atoms with E-state index in [1.54, 1.807) is 36.4 Å². The summed E-state index contributed by atoms with van der Waals surface area (Å²) in [6.45, 7) is 0. The van der Waals surface area contributed by atoms with Crippen LogP contribution in [0.3, 0.4) is 0 Å². The maximum Gasteiger partial charge on any atom is 0.337 e. The number of nitrogens with two attached hydrogens (primary N) is 1. The van der Waals surface area contributed by atoms with Crippen molar-refractivity contribution in [1.82, 2.24) is 9.97 Å². The van der Waals surface area contributed by atoms with Gasteiger partial charge in [0.2, 0.25) is 0 Å². The van der Waals surface area contributed by atoms with Gasteiger partial charge in [0.1, 0.15) is 23.5 Å². The number of benzene rings is 2. The van der Waals surface area contributed by atoms with Crippen LogP contribution in [0.15, 0.2) is 42.7 Å². The Morgan fingerprint density at radius 1 is 0.967 bits per heavy atom. The maximum absolute atomic E-state index is 11.6. The first-order chi connectivity index (χ1) is 14.5. The summed E-state index contributed by atoms with van der Waals surface area (Å²) in [7, 11) is 4.38. The van der Waals surface area contributed by atoms with Gasteiger partial charge in [0.15, 0.2) is 11.6 Å². The standard InChI is InChI=1S/C20H20ClN5O4/c1-28-15-9-16(29-2)14(8-13(15)21)26-19-17(22)18(23-10-24-19)25-12-6-4-11(5-7-12)20(27)30-3/h4-10H,22H2,1-3H3,(H2,23,24,25,26). The molecule has 0 aliphatic rings. The number of ether oxygens (including phenoxy) is 3. The number of hydrogen-bond acceptors (Lipinski definition) is 9. The Morgan fingerprint density at radius 2 is 1.60 bits per heavy atom. The summed E-state index contributed by atoms with van der Waals surface area (Å²) in [4.78, 5) is 19.9. The van der Waals surface area contributed by atoms with Crippen molar-refractivity contribution in [3.05, 3.63) is 53.3 Å². The average Bonchev–Trinajstić information content (AvgIpc) is 2.76. The van der Waals surface area contributed by atoms with Gasteiger partial charge in [-0.3, -0.25) is 0 Å². The lowest BCUT2D eigenvalue weighted by atomic mass is 10.2. The van der Waals surface area contributed by atoms with Crippen molar-refractivity contribution in [2.75, 3.05) is 37.7 Å². The zero-order chi connectivity index (χ0) is 21.7. The lowest BCUT2D eigenvalue weighted by molar-refractivity contribution is 0.0601. The van der Waals surface area contributed by atoms with Crippen LogP contribution in [0, 0.1) is 0 Å². The van der Waals surface area contributed by atoms with Gasteiger partial charge < -0.3 is 30.6 Å². The van der Waals surface area contributed by atoms with E-state index in [1.165, 1.54) is 27.7 Å². The lowest BCUT2D eigenvalue weighted by Crippen LogP contribution is -2.06. The molecule has 4 N–H and O–H groups in total. The van der Waals surface area contributed by atoms with Crippen LogP contribution in [0.1, 0.15) is 10.4 Å². The van der Waals surface area contributed by atoms with Crippen molar-refractivity contribution in [2.45, 2.75) is 0 Å². The molecule has 0 aliphatic carbocycles. The van der Waals surface area contributed by atoms with Gasteiger partial charge in [-0.05, 0) is 30.3 Å². The zero-order valence-corrected chi connectivity index (χ0v) is 17.3. The normalized spacial score (nSPS) is 10.3. The van der Waals surface area contributed by atoms with Gasteiger partial charge in [-0.25, -0.2) is 14.8 Å². The highest BCUT2D eigenvalue weighted by Crippen LogP contribution is 2.38. The smallest absolute Gasteiger partial charge is 0.337 e. The first kappa shape index (κ1) is 21.0. The number of esters is 1. The van der Waals surface area contributed by atoms with Crippen molar-refractivity contribution in [3.63, 3.8) is 0 Å². The van der Waals surface area contributed by atoms with Crippen LogP contribution in [-0.2, 0) is 4.74 Å². The quantitative estimate of drug-likeness (QED) is 0.478. The van der Waals surface area contributed by atoms with Gasteiger partial charge in [-0.2, -0.15) is 0 Å². The van der Waals surface area contributed by atoms with Crippen molar-refractivity contribution in [3.8, 4) is 11.5 Å². The number of carbonyl (C=O) groups excluding carboxylic acids is 1. The molecule has 9 nitrogen and oxygen atoms in total. The van der Waals surface area contributed by atoms with Crippen LogP contribution in [-0.4, -0.2) is 37.3 Å². The highest BCUT2D eigenvalue weighted by molar-refractivity contribution is 6.32. The van der Waals surface area contributed by atoms with Crippen LogP contribution >= 0.6 is 11.6 Å². The summed E-state index contributed by atoms with van der Waals surface area (Å²) in [6, 6.07) is 10.0.